The average molecular weight is 687 g/mol. The predicted octanol–water partition coefficient (Wildman–Crippen LogP) is 0.723. The van der Waals surface area contributed by atoms with Crippen LogP contribution in [0.15, 0.2) is 42.5 Å². The summed E-state index contributed by atoms with van der Waals surface area (Å²) in [6.45, 7) is 3.79. The number of morpholine rings is 1. The number of aromatic nitrogens is 3. The van der Waals surface area contributed by atoms with E-state index in [9.17, 15) is 37.1 Å². The second-order valence-corrected chi connectivity index (χ2v) is 12.5. The van der Waals surface area contributed by atoms with Gasteiger partial charge in [-0.2, -0.15) is 18.3 Å². The van der Waals surface area contributed by atoms with Crippen molar-refractivity contribution in [2.75, 3.05) is 33.2 Å². The number of hydrogen-bond acceptors (Lipinski definition) is 8. The van der Waals surface area contributed by atoms with Crippen LogP contribution in [0.25, 0.3) is 5.65 Å². The normalized spacial score (nSPS) is 23.1. The lowest BCUT2D eigenvalue weighted by molar-refractivity contribution is -0.148. The molecule has 49 heavy (non-hydrogen) atoms. The van der Waals surface area contributed by atoms with Crippen LogP contribution in [-0.2, 0) is 36.5 Å². The SMILES string of the molecule is Cc1cc(C(F)(F)F)n2nc(C(=O)N3C[C@@H]4CNC(=O)[C@H](C(C)C)NC(=O)CN(C)C(=O)[C@@H](Cc5ccccc5)NC(=O)[C@@H](C3)O4)cc2n1. The molecule has 4 atom stereocenters. The number of nitrogens with zero attached hydrogens (tertiary/aromatic N) is 5. The van der Waals surface area contributed by atoms with Crippen LogP contribution in [0.5, 0.6) is 0 Å². The van der Waals surface area contributed by atoms with Crippen LogP contribution in [0.3, 0.4) is 0 Å². The van der Waals surface area contributed by atoms with Crippen molar-refractivity contribution in [3.63, 3.8) is 0 Å². The van der Waals surface area contributed by atoms with Gasteiger partial charge in [-0.3, -0.25) is 24.0 Å². The van der Waals surface area contributed by atoms with Gasteiger partial charge in [0.25, 0.3) is 11.8 Å². The number of alkyl halides is 3. The number of aryl methyl sites for hydroxylation is 1. The molecule has 2 aromatic heterocycles. The highest BCUT2D eigenvalue weighted by molar-refractivity contribution is 5.95. The molecule has 14 nitrogen and oxygen atoms in total. The Kier molecular flexibility index (Phi) is 10.2. The summed E-state index contributed by atoms with van der Waals surface area (Å²) in [7, 11) is 1.40. The van der Waals surface area contributed by atoms with Crippen LogP contribution in [0.2, 0.25) is 0 Å². The maximum absolute atomic E-state index is 13.8. The Balaban J connectivity index is 1.48. The lowest BCUT2D eigenvalue weighted by atomic mass is 10.0. The predicted molar refractivity (Wildman–Crippen MR) is 167 cm³/mol. The average Bonchev–Trinajstić information content (AvgIpc) is 3.47. The van der Waals surface area contributed by atoms with E-state index in [-0.39, 0.29) is 55.6 Å². The fourth-order valence-electron chi connectivity index (χ4n) is 5.78. The van der Waals surface area contributed by atoms with Crippen LogP contribution in [0, 0.1) is 12.8 Å². The van der Waals surface area contributed by atoms with E-state index in [1.165, 1.54) is 18.9 Å². The van der Waals surface area contributed by atoms with Crippen molar-refractivity contribution in [1.29, 1.82) is 0 Å². The molecule has 0 saturated carbocycles. The van der Waals surface area contributed by atoms with Crippen LogP contribution < -0.4 is 16.0 Å². The third-order valence-electron chi connectivity index (χ3n) is 8.24. The molecule has 2 saturated heterocycles. The molecule has 5 amide bonds. The molecule has 17 heteroatoms. The number of nitrogens with one attached hydrogen (secondary N) is 3. The number of carbonyl (C=O) groups is 5. The standard InChI is InChI=1S/C32H37F3N8O6/c1-17(2)27-29(46)36-13-20-14-42(31(48)22-12-25-37-18(3)10-24(32(33,34)35)43(25)40-22)15-23(49-20)28(45)38-21(11-19-8-6-5-7-9-19)30(47)41(4)16-26(44)39-27/h5-10,12,17,20-21,23,27H,11,13-16H2,1-4H3,(H,36,46)(H,38,45)(H,39,44)/t20-,21+,23+,27-/m0/s1. The molecule has 2 aliphatic heterocycles. The molecule has 4 heterocycles. The summed E-state index contributed by atoms with van der Waals surface area (Å²) in [6.07, 6.45) is -7.01. The number of ether oxygens (including phenoxy) is 1. The molecule has 5 rings (SSSR count). The molecule has 0 aliphatic carbocycles. The first-order valence-corrected chi connectivity index (χ1v) is 15.7. The van der Waals surface area contributed by atoms with E-state index in [2.05, 4.69) is 26.0 Å². The van der Waals surface area contributed by atoms with E-state index in [1.807, 2.05) is 0 Å². The van der Waals surface area contributed by atoms with Gasteiger partial charge in [0.15, 0.2) is 17.4 Å². The molecular formula is C32H37F3N8O6. The summed E-state index contributed by atoms with van der Waals surface area (Å²) in [5, 5.41) is 12.0. The highest BCUT2D eigenvalue weighted by atomic mass is 19.4. The van der Waals surface area contributed by atoms with Crippen molar-refractivity contribution in [3.8, 4) is 0 Å². The quantitative estimate of drug-likeness (QED) is 0.361. The lowest BCUT2D eigenvalue weighted by Gasteiger charge is -2.38. The number of carbonyl (C=O) groups excluding carboxylic acids is 5. The summed E-state index contributed by atoms with van der Waals surface area (Å²) in [5.74, 6) is -3.61. The highest BCUT2D eigenvalue weighted by Gasteiger charge is 2.40. The smallest absolute Gasteiger partial charge is 0.360 e. The number of rotatable bonds is 4. The van der Waals surface area contributed by atoms with Gasteiger partial charge < -0.3 is 30.5 Å². The van der Waals surface area contributed by atoms with Gasteiger partial charge in [-0.15, -0.1) is 0 Å². The zero-order valence-corrected chi connectivity index (χ0v) is 27.3. The van der Waals surface area contributed by atoms with Gasteiger partial charge in [0, 0.05) is 38.3 Å². The second kappa shape index (κ2) is 14.2. The maximum Gasteiger partial charge on any atom is 0.433 e. The largest absolute Gasteiger partial charge is 0.433 e. The van der Waals surface area contributed by atoms with Crippen molar-refractivity contribution in [1.82, 2.24) is 40.3 Å². The topological polar surface area (TPSA) is 167 Å². The molecule has 0 radical (unpaired) electrons. The third kappa shape index (κ3) is 8.16. The Morgan fingerprint density at radius 1 is 1.04 bits per heavy atom. The van der Waals surface area contributed by atoms with Crippen molar-refractivity contribution >= 4 is 35.2 Å². The van der Waals surface area contributed by atoms with Gasteiger partial charge in [0.05, 0.1) is 19.2 Å². The molecule has 0 unspecified atom stereocenters. The zero-order chi connectivity index (χ0) is 35.6. The monoisotopic (exact) mass is 686 g/mol. The first-order chi connectivity index (χ1) is 23.1. The Morgan fingerprint density at radius 3 is 2.43 bits per heavy atom. The van der Waals surface area contributed by atoms with Crippen LogP contribution in [0.4, 0.5) is 13.2 Å². The third-order valence-corrected chi connectivity index (χ3v) is 8.24. The number of halogens is 3. The van der Waals surface area contributed by atoms with Gasteiger partial charge >= 0.3 is 6.18 Å². The highest BCUT2D eigenvalue weighted by Crippen LogP contribution is 2.30. The molecule has 2 fully saturated rings. The van der Waals surface area contributed by atoms with Crippen LogP contribution in [0.1, 0.15) is 41.3 Å². The van der Waals surface area contributed by atoms with Gasteiger partial charge in [0.2, 0.25) is 17.7 Å². The van der Waals surface area contributed by atoms with E-state index in [1.54, 1.807) is 44.2 Å². The minimum Gasteiger partial charge on any atom is -0.360 e. The number of fused-ring (bicyclic) bond motifs is 3. The molecule has 262 valence electrons. The fraction of sp³-hybridized carbons (Fsp3) is 0.469. The van der Waals surface area contributed by atoms with Crippen LogP contribution in [-0.4, -0.2) is 111 Å². The summed E-state index contributed by atoms with van der Waals surface area (Å²) in [4.78, 5) is 73.8. The number of benzene rings is 1. The molecule has 2 bridgehead atoms. The molecule has 3 N–H and O–H groups in total. The fourth-order valence-corrected chi connectivity index (χ4v) is 5.78. The summed E-state index contributed by atoms with van der Waals surface area (Å²) >= 11 is 0. The van der Waals surface area contributed by atoms with E-state index in [0.717, 1.165) is 22.6 Å². The van der Waals surface area contributed by atoms with Gasteiger partial charge in [-0.05, 0) is 24.5 Å². The second-order valence-electron chi connectivity index (χ2n) is 12.5. The number of amides is 5. The van der Waals surface area contributed by atoms with E-state index >= 15 is 0 Å². The minimum absolute atomic E-state index is 0.0695. The van der Waals surface area contributed by atoms with E-state index in [4.69, 9.17) is 4.74 Å². The van der Waals surface area contributed by atoms with Crippen molar-refractivity contribution in [3.05, 3.63) is 65.1 Å². The first kappa shape index (κ1) is 35.3. The Morgan fingerprint density at radius 2 is 1.76 bits per heavy atom. The first-order valence-electron chi connectivity index (χ1n) is 15.7. The van der Waals surface area contributed by atoms with Crippen LogP contribution >= 0.6 is 0 Å². The summed E-state index contributed by atoms with van der Waals surface area (Å²) in [6, 6.07) is 8.71. The van der Waals surface area contributed by atoms with Gasteiger partial charge in [-0.1, -0.05) is 44.2 Å². The number of hydrogen-bond donors (Lipinski definition) is 3. The Labute approximate surface area is 279 Å². The number of likely N-dealkylation sites (N-methyl/N-ethyl adjacent to an activating group) is 1. The Hall–Kier alpha value is -5.06. The summed E-state index contributed by atoms with van der Waals surface area (Å²) < 4.78 is 47.9. The molecular weight excluding hydrogens is 649 g/mol. The van der Waals surface area contributed by atoms with E-state index in [0.29, 0.717) is 4.52 Å². The summed E-state index contributed by atoms with van der Waals surface area (Å²) in [5.41, 5.74) is -0.861. The maximum atomic E-state index is 13.8. The van der Waals surface area contributed by atoms with Crippen molar-refractivity contribution < 1.29 is 41.9 Å². The minimum atomic E-state index is -4.78. The zero-order valence-electron chi connectivity index (χ0n) is 27.3. The van der Waals surface area contributed by atoms with Crippen molar-refractivity contribution in [2.45, 2.75) is 57.7 Å². The van der Waals surface area contributed by atoms with Crippen molar-refractivity contribution in [2.24, 2.45) is 5.92 Å². The van der Waals surface area contributed by atoms with Gasteiger partial charge in [-0.25, -0.2) is 9.50 Å². The lowest BCUT2D eigenvalue weighted by Crippen LogP contribution is -2.59. The van der Waals surface area contributed by atoms with E-state index < -0.39 is 65.7 Å². The molecule has 2 aliphatic rings. The molecule has 3 aromatic rings. The Bertz CT molecular complexity index is 1750. The molecule has 1 aromatic carbocycles. The molecule has 0 spiro atoms. The van der Waals surface area contributed by atoms with Gasteiger partial charge in [0.1, 0.15) is 17.8 Å².